The first kappa shape index (κ1) is 13.0. The van der Waals surface area contributed by atoms with Crippen molar-refractivity contribution < 1.29 is 0 Å². The van der Waals surface area contributed by atoms with Crippen LogP contribution in [-0.4, -0.2) is 23.7 Å². The molecule has 0 spiro atoms. The van der Waals surface area contributed by atoms with Crippen LogP contribution in [0.2, 0.25) is 0 Å². The standard InChI is InChI=1S/C19H25N3/c1-12(20)19(7-8-19)14-3-4-16-15(11-14)17-13-5-9-22(10-6-13)18(17)21(16)2/h3-4,11-13H,5-10,20H2,1-2H3. The second-order valence-electron chi connectivity index (χ2n) is 7.73. The molecule has 3 aliphatic heterocycles. The molecule has 22 heavy (non-hydrogen) atoms. The van der Waals surface area contributed by atoms with E-state index in [2.05, 4.69) is 41.6 Å². The van der Waals surface area contributed by atoms with Crippen LogP contribution in [0.1, 0.15) is 49.7 Å². The Kier molecular flexibility index (Phi) is 2.41. The quantitative estimate of drug-likeness (QED) is 0.923. The van der Waals surface area contributed by atoms with Gasteiger partial charge in [0.05, 0.1) is 0 Å². The summed E-state index contributed by atoms with van der Waals surface area (Å²) in [5, 5.41) is 1.50. The second kappa shape index (κ2) is 4.08. The van der Waals surface area contributed by atoms with Gasteiger partial charge < -0.3 is 15.2 Å². The van der Waals surface area contributed by atoms with Gasteiger partial charge in [-0.1, -0.05) is 6.07 Å². The van der Waals surface area contributed by atoms with Gasteiger partial charge in [0.2, 0.25) is 0 Å². The van der Waals surface area contributed by atoms with E-state index < -0.39 is 0 Å². The van der Waals surface area contributed by atoms with E-state index in [-0.39, 0.29) is 11.5 Å². The molecule has 1 saturated heterocycles. The zero-order valence-electron chi connectivity index (χ0n) is 13.6. The zero-order valence-corrected chi connectivity index (χ0v) is 13.6. The summed E-state index contributed by atoms with van der Waals surface area (Å²) >= 11 is 0. The molecule has 0 radical (unpaired) electrons. The topological polar surface area (TPSA) is 34.2 Å². The molecule has 116 valence electrons. The van der Waals surface area contributed by atoms with Crippen molar-refractivity contribution in [3.63, 3.8) is 0 Å². The molecule has 1 saturated carbocycles. The lowest BCUT2D eigenvalue weighted by Gasteiger charge is -2.41. The number of hydrogen-bond donors (Lipinski definition) is 1. The molecule has 3 nitrogen and oxygen atoms in total. The van der Waals surface area contributed by atoms with Crippen molar-refractivity contribution in [1.82, 2.24) is 4.57 Å². The van der Waals surface area contributed by atoms with Gasteiger partial charge in [0.1, 0.15) is 5.82 Å². The van der Waals surface area contributed by atoms with E-state index in [0.717, 1.165) is 5.92 Å². The van der Waals surface area contributed by atoms with Crippen molar-refractivity contribution >= 4 is 16.7 Å². The van der Waals surface area contributed by atoms with E-state index in [1.54, 1.807) is 5.56 Å². The van der Waals surface area contributed by atoms with Crippen molar-refractivity contribution in [1.29, 1.82) is 0 Å². The third kappa shape index (κ3) is 1.45. The Hall–Kier alpha value is -1.48. The van der Waals surface area contributed by atoms with Crippen molar-refractivity contribution in [3.05, 3.63) is 29.3 Å². The molecular weight excluding hydrogens is 270 g/mol. The molecule has 1 aromatic heterocycles. The summed E-state index contributed by atoms with van der Waals surface area (Å²) in [6.45, 7) is 4.64. The highest BCUT2D eigenvalue weighted by Gasteiger charge is 2.47. The fourth-order valence-electron chi connectivity index (χ4n) is 5.08. The smallest absolute Gasteiger partial charge is 0.112 e. The Morgan fingerprint density at radius 1 is 1.23 bits per heavy atom. The third-order valence-corrected chi connectivity index (χ3v) is 6.64. The molecule has 2 bridgehead atoms. The summed E-state index contributed by atoms with van der Waals surface area (Å²) in [5.41, 5.74) is 11.0. The second-order valence-corrected chi connectivity index (χ2v) is 7.73. The first-order chi connectivity index (χ1) is 10.6. The number of aromatic nitrogens is 1. The summed E-state index contributed by atoms with van der Waals surface area (Å²) < 4.78 is 2.42. The van der Waals surface area contributed by atoms with Gasteiger partial charge in [-0.25, -0.2) is 0 Å². The molecule has 3 heteroatoms. The molecule has 2 fully saturated rings. The van der Waals surface area contributed by atoms with Crippen LogP contribution in [0.25, 0.3) is 10.9 Å². The molecular formula is C19H25N3. The Labute approximate surface area is 132 Å². The van der Waals surface area contributed by atoms with Crippen LogP contribution < -0.4 is 10.6 Å². The van der Waals surface area contributed by atoms with Crippen LogP contribution >= 0.6 is 0 Å². The number of anilines is 1. The number of piperidine rings is 1. The first-order valence-electron chi connectivity index (χ1n) is 8.75. The van der Waals surface area contributed by atoms with Gasteiger partial charge in [-0.2, -0.15) is 0 Å². The number of nitrogens with two attached hydrogens (primary N) is 1. The van der Waals surface area contributed by atoms with Gasteiger partial charge in [-0.15, -0.1) is 0 Å². The Morgan fingerprint density at radius 3 is 2.59 bits per heavy atom. The van der Waals surface area contributed by atoms with Gasteiger partial charge in [0.15, 0.2) is 0 Å². The van der Waals surface area contributed by atoms with Crippen LogP contribution in [0.4, 0.5) is 5.82 Å². The maximum atomic E-state index is 6.30. The van der Waals surface area contributed by atoms with Crippen LogP contribution in [0.5, 0.6) is 0 Å². The van der Waals surface area contributed by atoms with Crippen LogP contribution in [0.3, 0.4) is 0 Å². The number of rotatable bonds is 2. The highest BCUT2D eigenvalue weighted by Crippen LogP contribution is 2.53. The fourth-order valence-corrected chi connectivity index (χ4v) is 5.08. The molecule has 1 unspecified atom stereocenters. The lowest BCUT2D eigenvalue weighted by Crippen LogP contribution is -2.39. The largest absolute Gasteiger partial charge is 0.358 e. The minimum atomic E-state index is 0.254. The van der Waals surface area contributed by atoms with Gasteiger partial charge in [-0.3, -0.25) is 0 Å². The van der Waals surface area contributed by atoms with E-state index >= 15 is 0 Å². The molecule has 0 amide bonds. The SMILES string of the molecule is CC(N)C1(c2ccc3c(c2)c2c(n3C)N3CCC2CC3)CC1. The van der Waals surface area contributed by atoms with Gasteiger partial charge >= 0.3 is 0 Å². The lowest BCUT2D eigenvalue weighted by molar-refractivity contribution is 0.469. The van der Waals surface area contributed by atoms with Gasteiger partial charge in [0, 0.05) is 48.1 Å². The highest BCUT2D eigenvalue weighted by molar-refractivity contribution is 5.92. The minimum Gasteiger partial charge on any atom is -0.358 e. The van der Waals surface area contributed by atoms with Gasteiger partial charge in [-0.05, 0) is 56.2 Å². The van der Waals surface area contributed by atoms with E-state index in [1.165, 1.54) is 61.1 Å². The highest BCUT2D eigenvalue weighted by atomic mass is 15.3. The maximum Gasteiger partial charge on any atom is 0.112 e. The molecule has 1 aromatic carbocycles. The van der Waals surface area contributed by atoms with Crippen LogP contribution in [0, 0.1) is 0 Å². The van der Waals surface area contributed by atoms with Crippen molar-refractivity contribution in [2.45, 2.75) is 50.0 Å². The molecule has 2 N–H and O–H groups in total. The Morgan fingerprint density at radius 2 is 1.95 bits per heavy atom. The molecule has 4 heterocycles. The molecule has 1 aliphatic carbocycles. The average molecular weight is 295 g/mol. The van der Waals surface area contributed by atoms with E-state index in [9.17, 15) is 0 Å². The first-order valence-corrected chi connectivity index (χ1v) is 8.75. The molecule has 1 atom stereocenters. The number of fused-ring (bicyclic) bond motifs is 3. The normalized spacial score (nSPS) is 23.9. The maximum absolute atomic E-state index is 6.30. The molecule has 4 aliphatic rings. The van der Waals surface area contributed by atoms with E-state index in [0.29, 0.717) is 0 Å². The fraction of sp³-hybridized carbons (Fsp3) is 0.579. The number of aryl methyl sites for hydroxylation is 1. The summed E-state index contributed by atoms with van der Waals surface area (Å²) in [4.78, 5) is 2.59. The van der Waals surface area contributed by atoms with Crippen LogP contribution in [-0.2, 0) is 12.5 Å². The summed E-state index contributed by atoms with van der Waals surface area (Å²) in [7, 11) is 2.24. The van der Waals surface area contributed by atoms with Gasteiger partial charge in [0.25, 0.3) is 0 Å². The summed E-state index contributed by atoms with van der Waals surface area (Å²) in [5.74, 6) is 2.25. The molecule has 2 aromatic rings. The summed E-state index contributed by atoms with van der Waals surface area (Å²) in [6, 6.07) is 7.41. The van der Waals surface area contributed by atoms with Crippen molar-refractivity contribution in [2.24, 2.45) is 12.8 Å². The van der Waals surface area contributed by atoms with Crippen LogP contribution in [0.15, 0.2) is 18.2 Å². The predicted molar refractivity (Wildman–Crippen MR) is 91.7 cm³/mol. The Bertz CT molecular complexity index is 759. The van der Waals surface area contributed by atoms with Crippen molar-refractivity contribution in [2.75, 3.05) is 18.0 Å². The number of hydrogen-bond acceptors (Lipinski definition) is 2. The summed E-state index contributed by atoms with van der Waals surface area (Å²) in [6.07, 6.45) is 5.16. The average Bonchev–Trinajstić information content (AvgIpc) is 3.31. The molecule has 6 rings (SSSR count). The Balaban J connectivity index is 1.76. The lowest BCUT2D eigenvalue weighted by atomic mass is 9.82. The van der Waals surface area contributed by atoms with E-state index in [4.69, 9.17) is 5.73 Å². The number of nitrogens with zero attached hydrogens (tertiary/aromatic N) is 2. The van der Waals surface area contributed by atoms with Crippen molar-refractivity contribution in [3.8, 4) is 0 Å². The zero-order chi connectivity index (χ0) is 15.1. The number of benzene rings is 1. The minimum absolute atomic E-state index is 0.254. The monoisotopic (exact) mass is 295 g/mol. The predicted octanol–water partition coefficient (Wildman–Crippen LogP) is 3.25. The van der Waals surface area contributed by atoms with E-state index in [1.807, 2.05) is 0 Å². The third-order valence-electron chi connectivity index (χ3n) is 6.64.